The lowest BCUT2D eigenvalue weighted by atomic mass is 10.2. The van der Waals surface area contributed by atoms with E-state index in [-0.39, 0.29) is 0 Å². The molecule has 0 amide bonds. The van der Waals surface area contributed by atoms with E-state index in [4.69, 9.17) is 0 Å². The first-order chi connectivity index (χ1) is 20.8. The topological polar surface area (TPSA) is 61.4 Å². The number of nitrogens with zero attached hydrogens (tertiary/aromatic N) is 6. The van der Waals surface area contributed by atoms with Crippen molar-refractivity contribution in [3.05, 3.63) is 121 Å². The minimum Gasteiger partial charge on any atom is -0.272 e. The van der Waals surface area contributed by atoms with Gasteiger partial charge in [0, 0.05) is 55.3 Å². The largest absolute Gasteiger partial charge is 0.272 e. The second-order valence-corrected chi connectivity index (χ2v) is 9.83. The summed E-state index contributed by atoms with van der Waals surface area (Å²) in [5, 5.41) is 11.4. The molecular weight excluding hydrogens is 516 g/mol. The molecule has 0 radical (unpaired) electrons. The summed E-state index contributed by atoms with van der Waals surface area (Å²) in [7, 11) is 0. The van der Waals surface area contributed by atoms with Crippen molar-refractivity contribution < 1.29 is 0 Å². The number of benzene rings is 2. The van der Waals surface area contributed by atoms with Crippen LogP contribution in [0.25, 0.3) is 21.8 Å². The number of para-hydroxylation sites is 1. The number of rotatable bonds is 8. The summed E-state index contributed by atoms with van der Waals surface area (Å²) >= 11 is 0. The molecule has 4 aromatic heterocycles. The average molecular weight is 551 g/mol. The van der Waals surface area contributed by atoms with Crippen LogP contribution in [0.2, 0.25) is 0 Å². The van der Waals surface area contributed by atoms with Gasteiger partial charge in [-0.25, -0.2) is 9.97 Å². The van der Waals surface area contributed by atoms with Crippen molar-refractivity contribution in [3.8, 4) is 23.7 Å². The van der Waals surface area contributed by atoms with E-state index in [1.54, 1.807) is 12.4 Å². The van der Waals surface area contributed by atoms with Crippen molar-refractivity contribution >= 4 is 21.8 Å². The predicted molar refractivity (Wildman–Crippen MR) is 169 cm³/mol. The fraction of sp³-hybridized carbons (Fsp3) is 0.222. The molecule has 6 heteroatoms. The Hall–Kier alpha value is -5.20. The van der Waals surface area contributed by atoms with Crippen LogP contribution >= 0.6 is 0 Å². The van der Waals surface area contributed by atoms with Gasteiger partial charge in [0.1, 0.15) is 11.4 Å². The lowest BCUT2D eigenvalue weighted by molar-refractivity contribution is 0.567. The first-order valence-corrected chi connectivity index (χ1v) is 14.5. The smallest absolute Gasteiger partial charge is 0.113 e. The van der Waals surface area contributed by atoms with Gasteiger partial charge in [0.15, 0.2) is 0 Å². The van der Waals surface area contributed by atoms with Crippen molar-refractivity contribution in [1.29, 1.82) is 0 Å². The summed E-state index contributed by atoms with van der Waals surface area (Å²) in [5.74, 6) is 12.5. The highest BCUT2D eigenvalue weighted by molar-refractivity contribution is 5.78. The highest BCUT2D eigenvalue weighted by Crippen LogP contribution is 2.14. The second-order valence-electron chi connectivity index (χ2n) is 9.83. The number of hydrogen-bond acceptors (Lipinski definition) is 4. The van der Waals surface area contributed by atoms with Crippen LogP contribution in [-0.2, 0) is 13.1 Å². The van der Waals surface area contributed by atoms with E-state index in [2.05, 4.69) is 79.0 Å². The van der Waals surface area contributed by atoms with Crippen LogP contribution in [0.5, 0.6) is 0 Å². The summed E-state index contributed by atoms with van der Waals surface area (Å²) < 4.78 is 4.10. The van der Waals surface area contributed by atoms with Crippen molar-refractivity contribution in [1.82, 2.24) is 29.5 Å². The lowest BCUT2D eigenvalue weighted by Crippen LogP contribution is -1.99. The molecule has 2 aromatic carbocycles. The monoisotopic (exact) mass is 550 g/mol. The third-order valence-electron chi connectivity index (χ3n) is 6.64. The van der Waals surface area contributed by atoms with Crippen LogP contribution in [0.1, 0.15) is 49.9 Å². The molecule has 4 heterocycles. The molecule has 0 spiro atoms. The van der Waals surface area contributed by atoms with Gasteiger partial charge < -0.3 is 0 Å². The molecule has 42 heavy (non-hydrogen) atoms. The van der Waals surface area contributed by atoms with E-state index >= 15 is 0 Å². The predicted octanol–water partition coefficient (Wildman–Crippen LogP) is 7.31. The van der Waals surface area contributed by atoms with Gasteiger partial charge >= 0.3 is 0 Å². The van der Waals surface area contributed by atoms with Crippen molar-refractivity contribution in [2.24, 2.45) is 0 Å². The number of aryl methyl sites for hydroxylation is 2. The maximum Gasteiger partial charge on any atom is 0.113 e. The highest BCUT2D eigenvalue weighted by atomic mass is 15.3. The minimum absolute atomic E-state index is 0.843. The molecule has 0 aliphatic rings. The molecule has 6 aromatic rings. The molecule has 0 fully saturated rings. The van der Waals surface area contributed by atoms with E-state index in [9.17, 15) is 0 Å². The molecule has 0 aliphatic carbocycles. The zero-order chi connectivity index (χ0) is 28.7. The fourth-order valence-corrected chi connectivity index (χ4v) is 4.48. The summed E-state index contributed by atoms with van der Waals surface area (Å²) in [6.45, 7) is 1.89. The second kappa shape index (κ2) is 15.6. The van der Waals surface area contributed by atoms with Crippen LogP contribution in [0, 0.1) is 23.7 Å². The number of hydrogen-bond donors (Lipinski definition) is 0. The molecule has 6 nitrogen and oxygen atoms in total. The quantitative estimate of drug-likeness (QED) is 0.147. The Morgan fingerprint density at radius 2 is 1.21 bits per heavy atom. The van der Waals surface area contributed by atoms with Gasteiger partial charge in [-0.3, -0.25) is 9.36 Å². The van der Waals surface area contributed by atoms with Gasteiger partial charge in [-0.2, -0.15) is 10.2 Å². The van der Waals surface area contributed by atoms with Gasteiger partial charge in [-0.1, -0.05) is 60.4 Å². The Balaban J connectivity index is 0.000000168. The van der Waals surface area contributed by atoms with Crippen molar-refractivity contribution in [2.75, 3.05) is 0 Å². The highest BCUT2D eigenvalue weighted by Gasteiger charge is 2.01. The summed E-state index contributed by atoms with van der Waals surface area (Å²) in [6.07, 6.45) is 13.7. The van der Waals surface area contributed by atoms with Crippen LogP contribution in [0.3, 0.4) is 0 Å². The summed E-state index contributed by atoms with van der Waals surface area (Å²) in [6, 6.07) is 28.1. The van der Waals surface area contributed by atoms with Crippen molar-refractivity contribution in [2.45, 2.75) is 51.6 Å². The zero-order valence-electron chi connectivity index (χ0n) is 23.7. The molecule has 208 valence electrons. The first-order valence-electron chi connectivity index (χ1n) is 14.5. The first kappa shape index (κ1) is 28.3. The Bertz CT molecular complexity index is 1760. The lowest BCUT2D eigenvalue weighted by Gasteiger charge is -2.01. The van der Waals surface area contributed by atoms with Crippen LogP contribution in [-0.4, -0.2) is 29.5 Å². The van der Waals surface area contributed by atoms with Crippen LogP contribution in [0.4, 0.5) is 0 Å². The zero-order valence-corrected chi connectivity index (χ0v) is 23.7. The van der Waals surface area contributed by atoms with Crippen LogP contribution < -0.4 is 0 Å². The van der Waals surface area contributed by atoms with Gasteiger partial charge in [-0.05, 0) is 73.9 Å². The van der Waals surface area contributed by atoms with Crippen molar-refractivity contribution in [3.63, 3.8) is 0 Å². The maximum atomic E-state index is 4.55. The Morgan fingerprint density at radius 3 is 1.88 bits per heavy atom. The van der Waals surface area contributed by atoms with Crippen LogP contribution in [0.15, 0.2) is 110 Å². The molecule has 0 aliphatic heterocycles. The molecule has 0 bridgehead atoms. The SMILES string of the molecule is C(#Cc1ccccn1)CCCCn1cc2ccccc2n1.C(#Cc1ccccn1)CCCCn1ncc2ccccc21. The Morgan fingerprint density at radius 1 is 0.595 bits per heavy atom. The fourth-order valence-electron chi connectivity index (χ4n) is 4.48. The van der Waals surface area contributed by atoms with Gasteiger partial charge in [-0.15, -0.1) is 0 Å². The standard InChI is InChI=1S/2C18H17N3/c1(3-10-17-11-6-7-13-19-17)2-8-14-21-15-16-9-4-5-12-18(16)20-21;1(3-10-17-11-6-7-13-19-17)2-8-14-21-18-12-5-4-9-16(18)15-20-21/h2*4-7,9,11-13,15H,1-2,8,14H2. The number of pyridine rings is 2. The normalized spacial score (nSPS) is 10.3. The number of unbranched alkanes of at least 4 members (excludes halogenated alkanes) is 4. The molecule has 0 N–H and O–H groups in total. The average Bonchev–Trinajstić information content (AvgIpc) is 3.66. The number of fused-ring (bicyclic) bond motifs is 2. The molecular formula is C36H34N6. The number of aromatic nitrogens is 6. The van der Waals surface area contributed by atoms with Gasteiger partial charge in [0.05, 0.1) is 17.2 Å². The molecule has 0 saturated heterocycles. The van der Waals surface area contributed by atoms with Gasteiger partial charge in [0.25, 0.3) is 0 Å². The minimum atomic E-state index is 0.843. The van der Waals surface area contributed by atoms with E-state index in [1.807, 2.05) is 71.5 Å². The summed E-state index contributed by atoms with van der Waals surface area (Å²) in [4.78, 5) is 8.36. The summed E-state index contributed by atoms with van der Waals surface area (Å²) in [5.41, 5.74) is 3.95. The third-order valence-corrected chi connectivity index (χ3v) is 6.64. The third kappa shape index (κ3) is 8.65. The van der Waals surface area contributed by atoms with E-state index in [0.29, 0.717) is 0 Å². The Labute approximate surface area is 247 Å². The molecule has 0 saturated carbocycles. The van der Waals surface area contributed by atoms with E-state index in [0.717, 1.165) is 68.5 Å². The van der Waals surface area contributed by atoms with E-state index < -0.39 is 0 Å². The Kier molecular flexibility index (Phi) is 10.5. The molecule has 0 unspecified atom stereocenters. The molecule has 0 atom stereocenters. The van der Waals surface area contributed by atoms with Gasteiger partial charge in [0.2, 0.25) is 0 Å². The maximum absolute atomic E-state index is 4.55. The van der Waals surface area contributed by atoms with E-state index in [1.165, 1.54) is 16.3 Å². The molecule has 6 rings (SSSR count).